The third-order valence-electron chi connectivity index (χ3n) is 3.21. The molecule has 0 spiro atoms. The third kappa shape index (κ3) is 3.49. The van der Waals surface area contributed by atoms with Crippen molar-refractivity contribution in [1.82, 2.24) is 4.90 Å². The van der Waals surface area contributed by atoms with Crippen molar-refractivity contribution in [1.29, 1.82) is 0 Å². The Morgan fingerprint density at radius 1 is 1.22 bits per heavy atom. The Hall–Kier alpha value is -1.51. The summed E-state index contributed by atoms with van der Waals surface area (Å²) in [5.41, 5.74) is 2.40. The van der Waals surface area contributed by atoms with Crippen LogP contribution in [0, 0.1) is 13.8 Å². The van der Waals surface area contributed by atoms with Crippen LogP contribution in [0.15, 0.2) is 18.2 Å². The maximum absolute atomic E-state index is 12.1. The van der Waals surface area contributed by atoms with E-state index >= 15 is 0 Å². The Labute approximate surface area is 110 Å². The molecule has 0 N–H and O–H groups in total. The summed E-state index contributed by atoms with van der Waals surface area (Å²) in [6, 6.07) is 5.90. The number of hydrogen-bond acceptors (Lipinski definition) is 2. The molecule has 3 heteroatoms. The van der Waals surface area contributed by atoms with E-state index in [1.807, 2.05) is 39.0 Å². The third-order valence-corrected chi connectivity index (χ3v) is 3.21. The quantitative estimate of drug-likeness (QED) is 0.803. The Morgan fingerprint density at radius 2 is 1.83 bits per heavy atom. The van der Waals surface area contributed by atoms with E-state index < -0.39 is 6.10 Å². The maximum Gasteiger partial charge on any atom is 0.263 e. The highest BCUT2D eigenvalue weighted by Gasteiger charge is 2.19. The highest BCUT2D eigenvalue weighted by molar-refractivity contribution is 5.80. The van der Waals surface area contributed by atoms with Gasteiger partial charge >= 0.3 is 0 Å². The van der Waals surface area contributed by atoms with Crippen molar-refractivity contribution in [3.05, 3.63) is 29.3 Å². The van der Waals surface area contributed by atoms with Gasteiger partial charge in [-0.1, -0.05) is 6.07 Å². The molecule has 0 aliphatic rings. The summed E-state index contributed by atoms with van der Waals surface area (Å²) in [6.07, 6.45) is -0.438. The molecule has 0 fully saturated rings. The summed E-state index contributed by atoms with van der Waals surface area (Å²) in [5.74, 6) is 0.796. The number of aryl methyl sites for hydroxylation is 2. The molecule has 0 aromatic heterocycles. The molecular weight excluding hydrogens is 226 g/mol. The van der Waals surface area contributed by atoms with Gasteiger partial charge in [0.15, 0.2) is 6.10 Å². The van der Waals surface area contributed by atoms with Crippen molar-refractivity contribution in [2.45, 2.75) is 40.7 Å². The number of rotatable bonds is 5. The second-order valence-electron chi connectivity index (χ2n) is 4.52. The van der Waals surface area contributed by atoms with Crippen LogP contribution >= 0.6 is 0 Å². The van der Waals surface area contributed by atoms with Crippen LogP contribution in [0.3, 0.4) is 0 Å². The van der Waals surface area contributed by atoms with Crippen molar-refractivity contribution >= 4 is 5.91 Å². The number of carbonyl (C=O) groups is 1. The summed E-state index contributed by atoms with van der Waals surface area (Å²) in [5, 5.41) is 0. The molecule has 100 valence electrons. The van der Waals surface area contributed by atoms with Gasteiger partial charge in [0, 0.05) is 13.1 Å². The summed E-state index contributed by atoms with van der Waals surface area (Å²) in [7, 11) is 0. The van der Waals surface area contributed by atoms with Crippen LogP contribution in [0.1, 0.15) is 31.9 Å². The van der Waals surface area contributed by atoms with E-state index in [-0.39, 0.29) is 5.91 Å². The van der Waals surface area contributed by atoms with Crippen LogP contribution in [0.2, 0.25) is 0 Å². The summed E-state index contributed by atoms with van der Waals surface area (Å²) < 4.78 is 5.71. The molecule has 18 heavy (non-hydrogen) atoms. The van der Waals surface area contributed by atoms with Crippen LogP contribution in [-0.4, -0.2) is 30.0 Å². The van der Waals surface area contributed by atoms with Gasteiger partial charge in [-0.3, -0.25) is 4.79 Å². The fraction of sp³-hybridized carbons (Fsp3) is 0.533. The van der Waals surface area contributed by atoms with E-state index in [1.54, 1.807) is 11.8 Å². The van der Waals surface area contributed by atoms with Gasteiger partial charge in [0.2, 0.25) is 0 Å². The van der Waals surface area contributed by atoms with Crippen LogP contribution in [0.5, 0.6) is 5.75 Å². The second-order valence-corrected chi connectivity index (χ2v) is 4.52. The van der Waals surface area contributed by atoms with Crippen LogP contribution in [0.4, 0.5) is 0 Å². The molecule has 0 saturated carbocycles. The minimum atomic E-state index is -0.438. The second kappa shape index (κ2) is 6.43. The molecular formula is C15H23NO2. The van der Waals surface area contributed by atoms with Gasteiger partial charge in [-0.15, -0.1) is 0 Å². The van der Waals surface area contributed by atoms with Crippen LogP contribution in [0.25, 0.3) is 0 Å². The van der Waals surface area contributed by atoms with E-state index in [9.17, 15) is 4.79 Å². The number of hydrogen-bond donors (Lipinski definition) is 0. The lowest BCUT2D eigenvalue weighted by Crippen LogP contribution is -2.40. The normalized spacial score (nSPS) is 12.1. The molecule has 0 radical (unpaired) electrons. The fourth-order valence-corrected chi connectivity index (χ4v) is 1.83. The first-order valence-corrected chi connectivity index (χ1v) is 6.52. The Bertz CT molecular complexity index is 411. The van der Waals surface area contributed by atoms with E-state index in [1.165, 1.54) is 11.1 Å². The van der Waals surface area contributed by atoms with E-state index in [0.29, 0.717) is 0 Å². The highest BCUT2D eigenvalue weighted by atomic mass is 16.5. The van der Waals surface area contributed by atoms with Crippen LogP contribution < -0.4 is 4.74 Å². The zero-order valence-corrected chi connectivity index (χ0v) is 12.0. The number of nitrogens with zero attached hydrogens (tertiary/aromatic N) is 1. The Balaban J connectivity index is 2.71. The maximum atomic E-state index is 12.1. The van der Waals surface area contributed by atoms with Gasteiger partial charge in [-0.05, 0) is 57.9 Å². The molecule has 1 rings (SSSR count). The molecule has 3 nitrogen and oxygen atoms in total. The smallest absolute Gasteiger partial charge is 0.263 e. The molecule has 1 amide bonds. The monoisotopic (exact) mass is 249 g/mol. The SMILES string of the molecule is CCN(CC)C(=O)[C@H](C)Oc1ccc(C)c(C)c1. The minimum absolute atomic E-state index is 0.0400. The molecule has 0 unspecified atom stereocenters. The first-order chi connectivity index (χ1) is 8.49. The predicted molar refractivity (Wildman–Crippen MR) is 73.9 cm³/mol. The number of ether oxygens (including phenoxy) is 1. The van der Waals surface area contributed by atoms with Gasteiger partial charge in [0.1, 0.15) is 5.75 Å². The van der Waals surface area contributed by atoms with Gasteiger partial charge in [-0.25, -0.2) is 0 Å². The zero-order valence-electron chi connectivity index (χ0n) is 12.0. The van der Waals surface area contributed by atoms with Crippen molar-refractivity contribution < 1.29 is 9.53 Å². The van der Waals surface area contributed by atoms with E-state index in [4.69, 9.17) is 4.74 Å². The van der Waals surface area contributed by atoms with Gasteiger partial charge in [0.05, 0.1) is 0 Å². The molecule has 0 aliphatic carbocycles. The van der Waals surface area contributed by atoms with Crippen LogP contribution in [-0.2, 0) is 4.79 Å². The Kier molecular flexibility index (Phi) is 5.20. The number of carbonyl (C=O) groups excluding carboxylic acids is 1. The number of likely N-dealkylation sites (N-methyl/N-ethyl adjacent to an activating group) is 1. The first kappa shape index (κ1) is 14.6. The molecule has 0 saturated heterocycles. The van der Waals surface area contributed by atoms with E-state index in [2.05, 4.69) is 6.92 Å². The summed E-state index contributed by atoms with van der Waals surface area (Å²) >= 11 is 0. The molecule has 0 bridgehead atoms. The molecule has 0 aliphatic heterocycles. The molecule has 1 aromatic rings. The fourth-order valence-electron chi connectivity index (χ4n) is 1.83. The van der Waals surface area contributed by atoms with Crippen molar-refractivity contribution in [2.75, 3.05) is 13.1 Å². The number of amides is 1. The zero-order chi connectivity index (χ0) is 13.7. The van der Waals surface area contributed by atoms with Crippen molar-refractivity contribution in [2.24, 2.45) is 0 Å². The summed E-state index contributed by atoms with van der Waals surface area (Å²) in [6.45, 7) is 11.3. The van der Waals surface area contributed by atoms with E-state index in [0.717, 1.165) is 18.8 Å². The largest absolute Gasteiger partial charge is 0.481 e. The predicted octanol–water partition coefficient (Wildman–Crippen LogP) is 2.94. The lowest BCUT2D eigenvalue weighted by atomic mass is 10.1. The van der Waals surface area contributed by atoms with Gasteiger partial charge in [-0.2, -0.15) is 0 Å². The average Bonchev–Trinajstić information content (AvgIpc) is 2.35. The molecule has 1 aromatic carbocycles. The molecule has 1 atom stereocenters. The first-order valence-electron chi connectivity index (χ1n) is 6.52. The number of benzene rings is 1. The van der Waals surface area contributed by atoms with Gasteiger partial charge in [0.25, 0.3) is 5.91 Å². The lowest BCUT2D eigenvalue weighted by molar-refractivity contribution is -0.137. The van der Waals surface area contributed by atoms with Crippen molar-refractivity contribution in [3.63, 3.8) is 0 Å². The Morgan fingerprint density at radius 3 is 2.33 bits per heavy atom. The average molecular weight is 249 g/mol. The summed E-state index contributed by atoms with van der Waals surface area (Å²) in [4.78, 5) is 13.8. The van der Waals surface area contributed by atoms with Gasteiger partial charge < -0.3 is 9.64 Å². The van der Waals surface area contributed by atoms with Crippen molar-refractivity contribution in [3.8, 4) is 5.75 Å². The topological polar surface area (TPSA) is 29.5 Å². The lowest BCUT2D eigenvalue weighted by Gasteiger charge is -2.23. The standard InChI is InChI=1S/C15H23NO2/c1-6-16(7-2)15(17)13(5)18-14-9-8-11(3)12(4)10-14/h8-10,13H,6-7H2,1-5H3/t13-/m0/s1. The highest BCUT2D eigenvalue weighted by Crippen LogP contribution is 2.18. The molecule has 0 heterocycles. The minimum Gasteiger partial charge on any atom is -0.481 e.